The second-order valence-electron chi connectivity index (χ2n) is 8.66. The SMILES string of the molecule is CC(C)CCC(=O)N([C@H](CSc1cccs1)C(=O)NO)[C@H](Cc1ccccc1)C(=O)OC(C)C. The summed E-state index contributed by atoms with van der Waals surface area (Å²) >= 11 is 2.92. The molecule has 2 aromatic rings. The molecule has 2 N–H and O–H groups in total. The van der Waals surface area contributed by atoms with E-state index in [0.717, 1.165) is 9.77 Å². The zero-order valence-electron chi connectivity index (χ0n) is 20.1. The molecule has 0 saturated carbocycles. The summed E-state index contributed by atoms with van der Waals surface area (Å²) in [6.07, 6.45) is 0.595. The number of rotatable bonds is 13. The van der Waals surface area contributed by atoms with Gasteiger partial charge >= 0.3 is 5.97 Å². The molecule has 2 rings (SSSR count). The first kappa shape index (κ1) is 27.9. The summed E-state index contributed by atoms with van der Waals surface area (Å²) in [6, 6.07) is 11.1. The Kier molecular flexibility index (Phi) is 11.6. The molecular weight excluding hydrogens is 472 g/mol. The van der Waals surface area contributed by atoms with Crippen LogP contribution in [0, 0.1) is 5.92 Å². The first-order valence-electron chi connectivity index (χ1n) is 11.4. The number of nitrogens with one attached hydrogen (secondary N) is 1. The molecule has 2 atom stereocenters. The van der Waals surface area contributed by atoms with Crippen molar-refractivity contribution in [3.63, 3.8) is 0 Å². The van der Waals surface area contributed by atoms with Gasteiger partial charge in [0.2, 0.25) is 5.91 Å². The number of thiophene rings is 1. The fraction of sp³-hybridized carbons (Fsp3) is 0.480. The van der Waals surface area contributed by atoms with Crippen LogP contribution in [0.4, 0.5) is 0 Å². The van der Waals surface area contributed by atoms with Crippen LogP contribution in [0.15, 0.2) is 52.1 Å². The molecule has 0 fully saturated rings. The van der Waals surface area contributed by atoms with E-state index in [0.29, 0.717) is 6.42 Å². The Morgan fingerprint density at radius 3 is 2.32 bits per heavy atom. The minimum absolute atomic E-state index is 0.177. The maximum Gasteiger partial charge on any atom is 0.329 e. The van der Waals surface area contributed by atoms with E-state index in [9.17, 15) is 19.6 Å². The van der Waals surface area contributed by atoms with Crippen LogP contribution in [0.1, 0.15) is 46.1 Å². The monoisotopic (exact) mass is 506 g/mol. The van der Waals surface area contributed by atoms with E-state index < -0.39 is 24.0 Å². The predicted molar refractivity (Wildman–Crippen MR) is 135 cm³/mol. The van der Waals surface area contributed by atoms with Crippen LogP contribution >= 0.6 is 23.1 Å². The van der Waals surface area contributed by atoms with Crippen molar-refractivity contribution >= 4 is 40.9 Å². The van der Waals surface area contributed by atoms with E-state index in [-0.39, 0.29) is 36.5 Å². The number of amides is 2. The Balaban J connectivity index is 2.47. The van der Waals surface area contributed by atoms with E-state index in [1.807, 2.05) is 61.7 Å². The van der Waals surface area contributed by atoms with Gasteiger partial charge in [0.1, 0.15) is 12.1 Å². The summed E-state index contributed by atoms with van der Waals surface area (Å²) < 4.78 is 6.49. The van der Waals surface area contributed by atoms with Crippen LogP contribution in [0.5, 0.6) is 0 Å². The van der Waals surface area contributed by atoms with E-state index in [1.54, 1.807) is 19.3 Å². The largest absolute Gasteiger partial charge is 0.461 e. The van der Waals surface area contributed by atoms with Gasteiger partial charge < -0.3 is 9.64 Å². The number of esters is 1. The molecule has 1 heterocycles. The van der Waals surface area contributed by atoms with Gasteiger partial charge in [-0.15, -0.1) is 23.1 Å². The van der Waals surface area contributed by atoms with E-state index in [2.05, 4.69) is 0 Å². The molecule has 1 aromatic heterocycles. The topological polar surface area (TPSA) is 95.9 Å². The Morgan fingerprint density at radius 1 is 1.06 bits per heavy atom. The van der Waals surface area contributed by atoms with Crippen LogP contribution in [0.3, 0.4) is 0 Å². The van der Waals surface area contributed by atoms with Crippen LogP contribution in [0.25, 0.3) is 0 Å². The number of carbonyl (C=O) groups is 3. The Morgan fingerprint density at radius 2 is 1.76 bits per heavy atom. The molecule has 0 radical (unpaired) electrons. The molecule has 7 nitrogen and oxygen atoms in total. The first-order chi connectivity index (χ1) is 16.2. The van der Waals surface area contributed by atoms with Crippen LogP contribution in [-0.4, -0.2) is 51.8 Å². The second-order valence-corrected chi connectivity index (χ2v) is 10.9. The maximum atomic E-state index is 13.5. The van der Waals surface area contributed by atoms with Gasteiger partial charge in [-0.2, -0.15) is 0 Å². The fourth-order valence-corrected chi connectivity index (χ4v) is 5.31. The molecule has 34 heavy (non-hydrogen) atoms. The standard InChI is InChI=1S/C25H34N2O5S2/c1-17(2)12-13-22(28)27(21(24(29)26-31)16-34-23-11-8-14-33-23)20(25(30)32-18(3)4)15-19-9-6-5-7-10-19/h5-11,14,17-18,20-21,31H,12-13,15-16H2,1-4H3,(H,26,29)/t20-,21-/m1/s1. The zero-order valence-corrected chi connectivity index (χ0v) is 21.7. The molecule has 0 saturated heterocycles. The van der Waals surface area contributed by atoms with Crippen molar-refractivity contribution in [3.8, 4) is 0 Å². The summed E-state index contributed by atoms with van der Waals surface area (Å²) in [5.41, 5.74) is 2.54. The van der Waals surface area contributed by atoms with Crippen molar-refractivity contribution in [3.05, 3.63) is 53.4 Å². The highest BCUT2D eigenvalue weighted by Crippen LogP contribution is 2.27. The van der Waals surface area contributed by atoms with Gasteiger partial charge in [-0.1, -0.05) is 50.2 Å². The number of carbonyl (C=O) groups excluding carboxylic acids is 3. The normalized spacial score (nSPS) is 12.9. The third kappa shape index (κ3) is 8.77. The molecular formula is C25H34N2O5S2. The third-order valence-corrected chi connectivity index (χ3v) is 7.29. The lowest BCUT2D eigenvalue weighted by atomic mass is 10.0. The number of ether oxygens (including phenoxy) is 1. The minimum Gasteiger partial charge on any atom is -0.461 e. The van der Waals surface area contributed by atoms with Gasteiger partial charge in [0.05, 0.1) is 10.3 Å². The lowest BCUT2D eigenvalue weighted by molar-refractivity contribution is -0.162. The molecule has 1 aromatic carbocycles. The highest BCUT2D eigenvalue weighted by atomic mass is 32.2. The molecule has 0 spiro atoms. The Hall–Kier alpha value is -2.36. The molecule has 0 aliphatic heterocycles. The molecule has 9 heteroatoms. The molecule has 2 amide bonds. The summed E-state index contributed by atoms with van der Waals surface area (Å²) in [4.78, 5) is 41.0. The molecule has 186 valence electrons. The molecule has 0 aliphatic carbocycles. The summed E-state index contributed by atoms with van der Waals surface area (Å²) in [5.74, 6) is -1.19. The quantitative estimate of drug-likeness (QED) is 0.179. The third-order valence-electron chi connectivity index (χ3n) is 5.08. The van der Waals surface area contributed by atoms with E-state index in [4.69, 9.17) is 4.74 Å². The Bertz CT molecular complexity index is 903. The number of hydrogen-bond acceptors (Lipinski definition) is 7. The highest BCUT2D eigenvalue weighted by molar-refractivity contribution is 8.01. The number of hydroxylamine groups is 1. The fourth-order valence-electron chi connectivity index (χ4n) is 3.41. The van der Waals surface area contributed by atoms with Crippen LogP contribution in [-0.2, 0) is 25.5 Å². The molecule has 0 bridgehead atoms. The van der Waals surface area contributed by atoms with Gasteiger partial charge in [-0.25, -0.2) is 10.3 Å². The van der Waals surface area contributed by atoms with Gasteiger partial charge in [0, 0.05) is 18.6 Å². The number of hydrogen-bond donors (Lipinski definition) is 2. The van der Waals surface area contributed by atoms with E-state index >= 15 is 0 Å². The van der Waals surface area contributed by atoms with Crippen molar-refractivity contribution in [2.24, 2.45) is 5.92 Å². The zero-order chi connectivity index (χ0) is 25.1. The van der Waals surface area contributed by atoms with Gasteiger partial charge in [0.15, 0.2) is 0 Å². The van der Waals surface area contributed by atoms with Gasteiger partial charge in [0.25, 0.3) is 5.91 Å². The van der Waals surface area contributed by atoms with Crippen LogP contribution < -0.4 is 5.48 Å². The number of benzene rings is 1. The maximum absolute atomic E-state index is 13.5. The lowest BCUT2D eigenvalue weighted by Gasteiger charge is -2.36. The van der Waals surface area contributed by atoms with Crippen molar-refractivity contribution in [1.82, 2.24) is 10.4 Å². The summed E-state index contributed by atoms with van der Waals surface area (Å²) in [6.45, 7) is 7.51. The minimum atomic E-state index is -1.06. The molecule has 0 unspecified atom stereocenters. The predicted octanol–water partition coefficient (Wildman–Crippen LogP) is 4.54. The Labute approximate surface area is 209 Å². The summed E-state index contributed by atoms with van der Waals surface area (Å²) in [5, 5.41) is 11.4. The molecule has 0 aliphatic rings. The lowest BCUT2D eigenvalue weighted by Crippen LogP contribution is -2.58. The number of thioether (sulfide) groups is 1. The number of nitrogens with zero attached hydrogens (tertiary/aromatic N) is 1. The van der Waals surface area contributed by atoms with Crippen molar-refractivity contribution in [2.75, 3.05) is 5.75 Å². The van der Waals surface area contributed by atoms with E-state index in [1.165, 1.54) is 28.0 Å². The first-order valence-corrected chi connectivity index (χ1v) is 13.2. The second kappa shape index (κ2) is 14.1. The van der Waals surface area contributed by atoms with Crippen molar-refractivity contribution < 1.29 is 24.3 Å². The van der Waals surface area contributed by atoms with Crippen molar-refractivity contribution in [1.29, 1.82) is 0 Å². The van der Waals surface area contributed by atoms with Gasteiger partial charge in [-0.05, 0) is 43.2 Å². The van der Waals surface area contributed by atoms with Crippen molar-refractivity contribution in [2.45, 2.75) is 69.4 Å². The van der Waals surface area contributed by atoms with Gasteiger partial charge in [-0.3, -0.25) is 14.8 Å². The smallest absolute Gasteiger partial charge is 0.329 e. The average Bonchev–Trinajstić information content (AvgIpc) is 3.32. The summed E-state index contributed by atoms with van der Waals surface area (Å²) in [7, 11) is 0. The van der Waals surface area contributed by atoms with Crippen LogP contribution in [0.2, 0.25) is 0 Å². The highest BCUT2D eigenvalue weighted by Gasteiger charge is 2.39. The average molecular weight is 507 g/mol.